The molecule has 0 radical (unpaired) electrons. The summed E-state index contributed by atoms with van der Waals surface area (Å²) < 4.78 is 26.6. The molecule has 9 nitrogen and oxygen atoms in total. The summed E-state index contributed by atoms with van der Waals surface area (Å²) in [5.41, 5.74) is 2.79. The standard InChI is InChI=1S/C27H32F2N6O3/c28-27(29)35-23-8-5-19(14-20(23)15-31-35)25(36)33-22(26(37)38)10-13-34-12-9-17(16-34)3-6-21-7-4-18-2-1-11-30-24(18)32-21/h4-5,7-8,14-15,17,22,27H,1-3,6,9-13,16H2,(H,30,32)(H,33,36)(H,37,38)/t17-,22+/m1/s1. The number of fused-ring (bicyclic) bond motifs is 2. The Morgan fingerprint density at radius 2 is 2.11 bits per heavy atom. The molecule has 0 aliphatic carbocycles. The van der Waals surface area contributed by atoms with Crippen molar-refractivity contribution in [2.75, 3.05) is 31.5 Å². The largest absolute Gasteiger partial charge is 0.480 e. The number of aliphatic carboxylic acids is 1. The minimum Gasteiger partial charge on any atom is -0.480 e. The Balaban J connectivity index is 1.10. The number of aryl methyl sites for hydroxylation is 2. The lowest BCUT2D eigenvalue weighted by Gasteiger charge is -2.20. The van der Waals surface area contributed by atoms with Crippen LogP contribution in [0.4, 0.5) is 14.6 Å². The van der Waals surface area contributed by atoms with Gasteiger partial charge in [0, 0.05) is 36.3 Å². The first-order chi connectivity index (χ1) is 18.4. The Hall–Kier alpha value is -3.60. The van der Waals surface area contributed by atoms with Crippen molar-refractivity contribution in [3.63, 3.8) is 0 Å². The van der Waals surface area contributed by atoms with Crippen molar-refractivity contribution in [3.8, 4) is 0 Å². The molecule has 0 spiro atoms. The third-order valence-electron chi connectivity index (χ3n) is 7.51. The first-order valence-corrected chi connectivity index (χ1v) is 13.1. The highest BCUT2D eigenvalue weighted by atomic mass is 19.3. The van der Waals surface area contributed by atoms with Crippen LogP contribution in [0.25, 0.3) is 10.9 Å². The van der Waals surface area contributed by atoms with Gasteiger partial charge in [0.25, 0.3) is 5.91 Å². The number of rotatable bonds is 10. The summed E-state index contributed by atoms with van der Waals surface area (Å²) in [7, 11) is 0. The van der Waals surface area contributed by atoms with Gasteiger partial charge in [0.2, 0.25) is 0 Å². The van der Waals surface area contributed by atoms with Gasteiger partial charge in [0.15, 0.2) is 0 Å². The fourth-order valence-electron chi connectivity index (χ4n) is 5.37. The van der Waals surface area contributed by atoms with Crippen molar-refractivity contribution in [1.82, 2.24) is 25.0 Å². The van der Waals surface area contributed by atoms with Gasteiger partial charge in [-0.3, -0.25) is 4.79 Å². The predicted molar refractivity (Wildman–Crippen MR) is 138 cm³/mol. The lowest BCUT2D eigenvalue weighted by atomic mass is 10.00. The summed E-state index contributed by atoms with van der Waals surface area (Å²) in [5, 5.41) is 19.7. The first kappa shape index (κ1) is 26.0. The van der Waals surface area contributed by atoms with E-state index in [1.54, 1.807) is 0 Å². The number of hydrogen-bond acceptors (Lipinski definition) is 6. The SMILES string of the molecule is O=C(N[C@@H](CCN1CC[C@@H](CCc2ccc3c(n2)NCCC3)C1)C(=O)O)c1ccc2c(cnn2C(F)F)c1. The van der Waals surface area contributed by atoms with E-state index < -0.39 is 24.5 Å². The number of nitrogens with one attached hydrogen (secondary N) is 2. The zero-order chi connectivity index (χ0) is 26.6. The molecule has 3 N–H and O–H groups in total. The number of amides is 1. The molecule has 0 bridgehead atoms. The summed E-state index contributed by atoms with van der Waals surface area (Å²) >= 11 is 0. The topological polar surface area (TPSA) is 112 Å². The van der Waals surface area contributed by atoms with E-state index in [9.17, 15) is 23.5 Å². The zero-order valence-electron chi connectivity index (χ0n) is 21.1. The maximum atomic E-state index is 13.0. The molecule has 1 fully saturated rings. The Morgan fingerprint density at radius 1 is 1.24 bits per heavy atom. The molecule has 1 saturated heterocycles. The number of anilines is 1. The predicted octanol–water partition coefficient (Wildman–Crippen LogP) is 3.71. The monoisotopic (exact) mass is 526 g/mol. The molecule has 202 valence electrons. The number of benzene rings is 1. The summed E-state index contributed by atoms with van der Waals surface area (Å²) in [5.74, 6) is -0.116. The molecule has 2 atom stereocenters. The highest BCUT2D eigenvalue weighted by molar-refractivity contribution is 5.99. The second kappa shape index (κ2) is 11.4. The Bertz CT molecular complexity index is 1310. The molecule has 0 unspecified atom stereocenters. The number of halogens is 2. The number of carboxylic acids is 1. The van der Waals surface area contributed by atoms with Crippen LogP contribution in [-0.2, 0) is 17.6 Å². The molecule has 4 heterocycles. The van der Waals surface area contributed by atoms with Crippen molar-refractivity contribution in [1.29, 1.82) is 0 Å². The molecule has 3 aromatic rings. The molecule has 1 amide bonds. The third-order valence-corrected chi connectivity index (χ3v) is 7.51. The number of carbonyl (C=O) groups excluding carboxylic acids is 1. The minimum absolute atomic E-state index is 0.199. The molecule has 38 heavy (non-hydrogen) atoms. The minimum atomic E-state index is -2.79. The van der Waals surface area contributed by atoms with Crippen molar-refractivity contribution < 1.29 is 23.5 Å². The van der Waals surface area contributed by atoms with Gasteiger partial charge in [0.1, 0.15) is 11.9 Å². The van der Waals surface area contributed by atoms with Crippen LogP contribution < -0.4 is 10.6 Å². The molecule has 2 aliphatic heterocycles. The quantitative estimate of drug-likeness (QED) is 0.369. The highest BCUT2D eigenvalue weighted by Crippen LogP contribution is 2.25. The Kier molecular flexibility index (Phi) is 7.82. The number of alkyl halides is 2. The summed E-state index contributed by atoms with van der Waals surface area (Å²) in [6.45, 7) is 0.547. The number of carbonyl (C=O) groups is 2. The van der Waals surface area contributed by atoms with Gasteiger partial charge < -0.3 is 20.6 Å². The maximum absolute atomic E-state index is 13.0. The van der Waals surface area contributed by atoms with Crippen LogP contribution in [0, 0.1) is 5.92 Å². The van der Waals surface area contributed by atoms with Crippen molar-refractivity contribution >= 4 is 28.6 Å². The van der Waals surface area contributed by atoms with E-state index in [1.165, 1.54) is 30.0 Å². The molecule has 5 rings (SSSR count). The third kappa shape index (κ3) is 5.93. The lowest BCUT2D eigenvalue weighted by molar-refractivity contribution is -0.139. The normalized spacial score (nSPS) is 18.3. The average molecular weight is 527 g/mol. The zero-order valence-corrected chi connectivity index (χ0v) is 21.1. The molecular formula is C27H32F2N6O3. The van der Waals surface area contributed by atoms with E-state index in [2.05, 4.69) is 32.8 Å². The molecular weight excluding hydrogens is 494 g/mol. The van der Waals surface area contributed by atoms with E-state index in [0.29, 0.717) is 22.5 Å². The summed E-state index contributed by atoms with van der Waals surface area (Å²) in [6, 6.07) is 7.48. The molecule has 0 saturated carbocycles. The second-order valence-electron chi connectivity index (χ2n) is 10.1. The van der Waals surface area contributed by atoms with Crippen molar-refractivity contribution in [3.05, 3.63) is 53.3 Å². The van der Waals surface area contributed by atoms with E-state index >= 15 is 0 Å². The van der Waals surface area contributed by atoms with Crippen molar-refractivity contribution in [2.45, 2.75) is 51.1 Å². The van der Waals surface area contributed by atoms with Gasteiger partial charge >= 0.3 is 12.5 Å². The number of aromatic nitrogens is 3. The summed E-state index contributed by atoms with van der Waals surface area (Å²) in [6.07, 6.45) is 6.76. The van der Waals surface area contributed by atoms with E-state index in [-0.39, 0.29) is 17.5 Å². The van der Waals surface area contributed by atoms with Gasteiger partial charge in [0.05, 0.1) is 11.7 Å². The van der Waals surface area contributed by atoms with Gasteiger partial charge in [-0.1, -0.05) is 6.07 Å². The van der Waals surface area contributed by atoms with E-state index in [4.69, 9.17) is 4.98 Å². The lowest BCUT2D eigenvalue weighted by Crippen LogP contribution is -2.43. The number of likely N-dealkylation sites (tertiary alicyclic amines) is 1. The number of pyridine rings is 1. The molecule has 11 heteroatoms. The highest BCUT2D eigenvalue weighted by Gasteiger charge is 2.26. The van der Waals surface area contributed by atoms with Gasteiger partial charge in [-0.05, 0) is 80.8 Å². The van der Waals surface area contributed by atoms with Crippen molar-refractivity contribution in [2.24, 2.45) is 5.92 Å². The Morgan fingerprint density at radius 3 is 2.92 bits per heavy atom. The van der Waals surface area contributed by atoms with Gasteiger partial charge in [-0.2, -0.15) is 13.9 Å². The number of nitrogens with zero attached hydrogens (tertiary/aromatic N) is 4. The fraction of sp³-hybridized carbons (Fsp3) is 0.481. The van der Waals surface area contributed by atoms with Crippen LogP contribution in [0.2, 0.25) is 0 Å². The molecule has 1 aromatic carbocycles. The van der Waals surface area contributed by atoms with E-state index in [0.717, 1.165) is 63.3 Å². The smallest absolute Gasteiger partial charge is 0.333 e. The second-order valence-corrected chi connectivity index (χ2v) is 10.1. The maximum Gasteiger partial charge on any atom is 0.333 e. The fourth-order valence-corrected chi connectivity index (χ4v) is 5.37. The van der Waals surface area contributed by atoms with Gasteiger partial charge in [-0.25, -0.2) is 14.5 Å². The van der Waals surface area contributed by atoms with Crippen LogP contribution in [0.15, 0.2) is 36.5 Å². The number of carboxylic acid groups (broad SMARTS) is 1. The Labute approximate surface area is 219 Å². The molecule has 2 aromatic heterocycles. The summed E-state index contributed by atoms with van der Waals surface area (Å²) in [4.78, 5) is 31.6. The molecule has 2 aliphatic rings. The average Bonchev–Trinajstić information content (AvgIpc) is 3.56. The van der Waals surface area contributed by atoms with Crippen LogP contribution >= 0.6 is 0 Å². The van der Waals surface area contributed by atoms with E-state index in [1.807, 2.05) is 0 Å². The number of hydrogen-bond donors (Lipinski definition) is 3. The van der Waals surface area contributed by atoms with Gasteiger partial charge in [-0.15, -0.1) is 0 Å². The van der Waals surface area contributed by atoms with Crippen LogP contribution in [0.5, 0.6) is 0 Å². The van der Waals surface area contributed by atoms with Crippen LogP contribution in [-0.4, -0.2) is 68.9 Å². The van der Waals surface area contributed by atoms with Crippen LogP contribution in [0.3, 0.4) is 0 Å². The first-order valence-electron chi connectivity index (χ1n) is 13.1. The van der Waals surface area contributed by atoms with Crippen LogP contribution in [0.1, 0.15) is 53.8 Å².